The monoisotopic (exact) mass is 132 g/mol. The van der Waals surface area contributed by atoms with E-state index in [1.807, 2.05) is 30.3 Å². The SMILES string of the molecule is CC(=O)Bc1ccccc1. The Hall–Kier alpha value is -1.05. The standard InChI is InChI=1S/C8H9BO/c1-7(10)9-8-5-3-2-4-6-8/h2-6,9H,1H3. The summed E-state index contributed by atoms with van der Waals surface area (Å²) in [5.74, 6) is 0. The van der Waals surface area contributed by atoms with Gasteiger partial charge in [0, 0.05) is 0 Å². The molecule has 0 saturated heterocycles. The largest absolute Gasteiger partial charge is 0.311 e. The summed E-state index contributed by atoms with van der Waals surface area (Å²) in [6, 6.07) is 9.75. The number of hydrogen-bond donors (Lipinski definition) is 0. The van der Waals surface area contributed by atoms with Crippen LogP contribution >= 0.6 is 0 Å². The van der Waals surface area contributed by atoms with Gasteiger partial charge in [-0.25, -0.2) is 0 Å². The average molecular weight is 132 g/mol. The van der Waals surface area contributed by atoms with Gasteiger partial charge in [0.15, 0.2) is 0 Å². The van der Waals surface area contributed by atoms with E-state index in [1.54, 1.807) is 6.92 Å². The molecule has 0 fully saturated rings. The lowest BCUT2D eigenvalue weighted by atomic mass is 9.67. The van der Waals surface area contributed by atoms with Crippen molar-refractivity contribution in [3.8, 4) is 0 Å². The molecule has 0 aromatic heterocycles. The van der Waals surface area contributed by atoms with Gasteiger partial charge in [0.2, 0.25) is 7.28 Å². The van der Waals surface area contributed by atoms with Crippen LogP contribution in [0.5, 0.6) is 0 Å². The van der Waals surface area contributed by atoms with Gasteiger partial charge in [-0.2, -0.15) is 0 Å². The molecule has 0 atom stereocenters. The van der Waals surface area contributed by atoms with Crippen LogP contribution < -0.4 is 5.46 Å². The summed E-state index contributed by atoms with van der Waals surface area (Å²) in [6.07, 6.45) is 0. The zero-order valence-corrected chi connectivity index (χ0v) is 6.00. The first-order chi connectivity index (χ1) is 4.79. The Kier molecular flexibility index (Phi) is 2.27. The Labute approximate surface area is 61.3 Å². The topological polar surface area (TPSA) is 17.1 Å². The minimum Gasteiger partial charge on any atom is -0.311 e. The normalized spacial score (nSPS) is 8.90. The van der Waals surface area contributed by atoms with Crippen molar-refractivity contribution in [2.45, 2.75) is 6.92 Å². The Morgan fingerprint density at radius 3 is 2.40 bits per heavy atom. The van der Waals surface area contributed by atoms with Crippen molar-refractivity contribution < 1.29 is 4.79 Å². The molecule has 10 heavy (non-hydrogen) atoms. The summed E-state index contributed by atoms with van der Waals surface area (Å²) in [7, 11) is 0.556. The first-order valence-electron chi connectivity index (χ1n) is 3.32. The Bertz CT molecular complexity index is 218. The van der Waals surface area contributed by atoms with Crippen LogP contribution in [-0.2, 0) is 4.79 Å². The highest BCUT2D eigenvalue weighted by atomic mass is 16.1. The number of carbonyl (C=O) groups is 1. The Balaban J connectivity index is 2.67. The van der Waals surface area contributed by atoms with Gasteiger partial charge in [-0.15, -0.1) is 0 Å². The second kappa shape index (κ2) is 3.21. The molecule has 2 heteroatoms. The first kappa shape index (κ1) is 7.07. The third kappa shape index (κ3) is 2.06. The Morgan fingerprint density at radius 2 is 1.90 bits per heavy atom. The molecule has 1 nitrogen and oxygen atoms in total. The molecule has 0 N–H and O–H groups in total. The highest BCUT2D eigenvalue weighted by Crippen LogP contribution is 1.80. The van der Waals surface area contributed by atoms with E-state index in [1.165, 1.54) is 0 Å². The molecule has 0 aliphatic heterocycles. The molecule has 0 amide bonds. The lowest BCUT2D eigenvalue weighted by molar-refractivity contribution is -0.110. The van der Waals surface area contributed by atoms with Crippen molar-refractivity contribution in [1.29, 1.82) is 0 Å². The third-order valence-electron chi connectivity index (χ3n) is 1.30. The van der Waals surface area contributed by atoms with Crippen molar-refractivity contribution in [3.63, 3.8) is 0 Å². The molecule has 0 heterocycles. The Morgan fingerprint density at radius 1 is 1.30 bits per heavy atom. The quantitative estimate of drug-likeness (QED) is 0.528. The highest BCUT2D eigenvalue weighted by molar-refractivity contribution is 6.83. The third-order valence-corrected chi connectivity index (χ3v) is 1.30. The van der Waals surface area contributed by atoms with Crippen LogP contribution in [0.3, 0.4) is 0 Å². The maximum atomic E-state index is 10.6. The van der Waals surface area contributed by atoms with E-state index < -0.39 is 0 Å². The second-order valence-electron chi connectivity index (χ2n) is 2.36. The van der Waals surface area contributed by atoms with E-state index in [9.17, 15) is 4.79 Å². The van der Waals surface area contributed by atoms with Gasteiger partial charge in [-0.3, -0.25) is 0 Å². The minimum absolute atomic E-state index is 0.214. The molecule has 1 rings (SSSR count). The van der Waals surface area contributed by atoms with Gasteiger partial charge in [-0.05, 0) is 6.92 Å². The van der Waals surface area contributed by atoms with Crippen LogP contribution in [-0.4, -0.2) is 13.0 Å². The van der Waals surface area contributed by atoms with E-state index >= 15 is 0 Å². The fourth-order valence-corrected chi connectivity index (χ4v) is 0.883. The molecule has 0 saturated carbocycles. The first-order valence-corrected chi connectivity index (χ1v) is 3.32. The summed E-state index contributed by atoms with van der Waals surface area (Å²) >= 11 is 0. The number of carbonyl (C=O) groups excluding carboxylic acids is 1. The summed E-state index contributed by atoms with van der Waals surface area (Å²) < 4.78 is 0. The molecule has 0 radical (unpaired) electrons. The van der Waals surface area contributed by atoms with E-state index in [4.69, 9.17) is 0 Å². The average Bonchev–Trinajstić information content (AvgIpc) is 1.88. The molecular weight excluding hydrogens is 123 g/mol. The van der Waals surface area contributed by atoms with Crippen molar-refractivity contribution >= 4 is 18.4 Å². The van der Waals surface area contributed by atoms with Crippen LogP contribution in [0.2, 0.25) is 0 Å². The van der Waals surface area contributed by atoms with Gasteiger partial charge < -0.3 is 4.79 Å². The number of hydrogen-bond acceptors (Lipinski definition) is 1. The van der Waals surface area contributed by atoms with E-state index in [2.05, 4.69) is 0 Å². The van der Waals surface area contributed by atoms with Gasteiger partial charge >= 0.3 is 0 Å². The fraction of sp³-hybridized carbons (Fsp3) is 0.125. The zero-order valence-electron chi connectivity index (χ0n) is 6.00. The molecule has 0 aliphatic rings. The molecule has 0 spiro atoms. The van der Waals surface area contributed by atoms with Crippen LogP contribution in [0.15, 0.2) is 30.3 Å². The molecule has 50 valence electrons. The second-order valence-corrected chi connectivity index (χ2v) is 2.36. The van der Waals surface area contributed by atoms with Crippen LogP contribution in [0.25, 0.3) is 0 Å². The fourth-order valence-electron chi connectivity index (χ4n) is 0.883. The number of rotatable bonds is 2. The predicted molar refractivity (Wildman–Crippen MR) is 43.9 cm³/mol. The van der Waals surface area contributed by atoms with Crippen LogP contribution in [0, 0.1) is 0 Å². The summed E-state index contributed by atoms with van der Waals surface area (Å²) in [6.45, 7) is 1.60. The minimum atomic E-state index is 0.214. The summed E-state index contributed by atoms with van der Waals surface area (Å²) in [5.41, 5.74) is 1.31. The maximum Gasteiger partial charge on any atom is 0.238 e. The molecule has 0 aliphatic carbocycles. The molecular formula is C8H9BO. The van der Waals surface area contributed by atoms with Crippen LogP contribution in [0.4, 0.5) is 0 Å². The van der Waals surface area contributed by atoms with Crippen molar-refractivity contribution in [3.05, 3.63) is 30.3 Å². The molecule has 0 unspecified atom stereocenters. The van der Waals surface area contributed by atoms with E-state index in [0.29, 0.717) is 7.28 Å². The zero-order chi connectivity index (χ0) is 7.40. The van der Waals surface area contributed by atoms with Gasteiger partial charge in [0.1, 0.15) is 0 Å². The van der Waals surface area contributed by atoms with E-state index in [0.717, 1.165) is 5.46 Å². The predicted octanol–water partition coefficient (Wildman–Crippen LogP) is 0.295. The van der Waals surface area contributed by atoms with Crippen molar-refractivity contribution in [1.82, 2.24) is 0 Å². The van der Waals surface area contributed by atoms with Gasteiger partial charge in [-0.1, -0.05) is 35.8 Å². The molecule has 1 aromatic rings. The van der Waals surface area contributed by atoms with Crippen molar-refractivity contribution in [2.24, 2.45) is 0 Å². The van der Waals surface area contributed by atoms with Crippen LogP contribution in [0.1, 0.15) is 6.92 Å². The van der Waals surface area contributed by atoms with Crippen molar-refractivity contribution in [2.75, 3.05) is 0 Å². The lowest BCUT2D eigenvalue weighted by Crippen LogP contribution is -2.20. The number of benzene rings is 1. The lowest BCUT2D eigenvalue weighted by Gasteiger charge is -1.91. The maximum absolute atomic E-state index is 10.6. The van der Waals surface area contributed by atoms with Gasteiger partial charge in [0.05, 0.1) is 5.68 Å². The molecule has 0 bridgehead atoms. The smallest absolute Gasteiger partial charge is 0.238 e. The van der Waals surface area contributed by atoms with Gasteiger partial charge in [0.25, 0.3) is 0 Å². The summed E-state index contributed by atoms with van der Waals surface area (Å²) in [5, 5.41) is 0. The van der Waals surface area contributed by atoms with E-state index in [-0.39, 0.29) is 5.68 Å². The molecule has 1 aromatic carbocycles. The highest BCUT2D eigenvalue weighted by Gasteiger charge is 1.97. The summed E-state index contributed by atoms with van der Waals surface area (Å²) in [4.78, 5) is 10.6.